The lowest BCUT2D eigenvalue weighted by Gasteiger charge is -2.39. The first-order valence-corrected chi connectivity index (χ1v) is 8.83. The Bertz CT molecular complexity index is 503. The third-order valence-electron chi connectivity index (χ3n) is 6.18. The average Bonchev–Trinajstić information content (AvgIpc) is 2.85. The molecule has 0 radical (unpaired) electrons. The Morgan fingerprint density at radius 3 is 2.61 bits per heavy atom. The first-order valence-electron chi connectivity index (χ1n) is 8.83. The highest BCUT2D eigenvalue weighted by Crippen LogP contribution is 2.46. The van der Waals surface area contributed by atoms with E-state index in [1.54, 1.807) is 0 Å². The lowest BCUT2D eigenvalue weighted by molar-refractivity contribution is -0.157. The van der Waals surface area contributed by atoms with Gasteiger partial charge in [-0.1, -0.05) is 20.8 Å². The van der Waals surface area contributed by atoms with Crippen LogP contribution in [0.15, 0.2) is 0 Å². The Hall–Kier alpha value is -1.10. The molecule has 0 aromatic heterocycles. The van der Waals surface area contributed by atoms with Crippen LogP contribution in [0.3, 0.4) is 0 Å². The highest BCUT2D eigenvalue weighted by Gasteiger charge is 2.55. The van der Waals surface area contributed by atoms with Crippen molar-refractivity contribution in [3.63, 3.8) is 0 Å². The first-order chi connectivity index (χ1) is 10.7. The molecule has 4 atom stereocenters. The fourth-order valence-corrected chi connectivity index (χ4v) is 5.26. The molecule has 0 spiro atoms. The largest absolute Gasteiger partial charge is 0.481 e. The molecule has 130 valence electrons. The summed E-state index contributed by atoms with van der Waals surface area (Å²) in [5, 5.41) is 9.74. The number of amides is 1. The molecule has 3 fully saturated rings. The summed E-state index contributed by atoms with van der Waals surface area (Å²) in [5.41, 5.74) is -0.595. The van der Waals surface area contributed by atoms with Crippen LogP contribution in [0.2, 0.25) is 0 Å². The summed E-state index contributed by atoms with van der Waals surface area (Å²) < 4.78 is 5.48. The van der Waals surface area contributed by atoms with Crippen LogP contribution in [-0.2, 0) is 14.3 Å². The summed E-state index contributed by atoms with van der Waals surface area (Å²) in [4.78, 5) is 26.7. The van der Waals surface area contributed by atoms with E-state index in [4.69, 9.17) is 4.74 Å². The summed E-state index contributed by atoms with van der Waals surface area (Å²) in [6, 6.07) is 0. The van der Waals surface area contributed by atoms with E-state index >= 15 is 0 Å². The number of carbonyl (C=O) groups excluding carboxylic acids is 1. The van der Waals surface area contributed by atoms with Crippen LogP contribution in [0.4, 0.5) is 0 Å². The highest BCUT2D eigenvalue weighted by molar-refractivity contribution is 5.82. The van der Waals surface area contributed by atoms with Crippen molar-refractivity contribution >= 4 is 11.9 Å². The summed E-state index contributed by atoms with van der Waals surface area (Å²) in [6.45, 7) is 8.54. The number of likely N-dealkylation sites (tertiary alicyclic amines) is 1. The van der Waals surface area contributed by atoms with Gasteiger partial charge in [0, 0.05) is 31.5 Å². The molecule has 3 aliphatic rings. The summed E-state index contributed by atoms with van der Waals surface area (Å²) in [6.07, 6.45) is 3.52. The molecule has 1 saturated carbocycles. The molecule has 0 aromatic carbocycles. The SMILES string of the molecule is CC1CC(C(=O)N2C[C@H]3COCC[C@@]3(C(=O)O)C2)CC(C)(C)C1. The number of aliphatic carboxylic acids is 1. The molecule has 5 heteroatoms. The van der Waals surface area contributed by atoms with Crippen LogP contribution in [0.5, 0.6) is 0 Å². The van der Waals surface area contributed by atoms with Crippen LogP contribution >= 0.6 is 0 Å². The molecular weight excluding hydrogens is 294 g/mol. The van der Waals surface area contributed by atoms with Crippen molar-refractivity contribution in [2.24, 2.45) is 28.6 Å². The van der Waals surface area contributed by atoms with Crippen LogP contribution < -0.4 is 0 Å². The van der Waals surface area contributed by atoms with E-state index in [-0.39, 0.29) is 23.2 Å². The molecule has 1 aliphatic carbocycles. The molecule has 2 unspecified atom stereocenters. The predicted molar refractivity (Wildman–Crippen MR) is 85.9 cm³/mol. The van der Waals surface area contributed by atoms with Crippen molar-refractivity contribution in [3.8, 4) is 0 Å². The summed E-state index contributed by atoms with van der Waals surface area (Å²) in [5.74, 6) is -0.0696. The van der Waals surface area contributed by atoms with E-state index < -0.39 is 11.4 Å². The molecule has 0 bridgehead atoms. The van der Waals surface area contributed by atoms with Gasteiger partial charge >= 0.3 is 5.97 Å². The molecule has 3 rings (SSSR count). The van der Waals surface area contributed by atoms with Crippen molar-refractivity contribution in [2.75, 3.05) is 26.3 Å². The summed E-state index contributed by atoms with van der Waals surface area (Å²) in [7, 11) is 0. The maximum Gasteiger partial charge on any atom is 0.311 e. The number of ether oxygens (including phenoxy) is 1. The molecular formula is C18H29NO4. The zero-order chi connectivity index (χ0) is 16.8. The lowest BCUT2D eigenvalue weighted by atomic mass is 9.67. The molecule has 0 aromatic rings. The van der Waals surface area contributed by atoms with Gasteiger partial charge in [0.1, 0.15) is 0 Å². The van der Waals surface area contributed by atoms with Crippen LogP contribution in [0.25, 0.3) is 0 Å². The zero-order valence-electron chi connectivity index (χ0n) is 14.5. The van der Waals surface area contributed by atoms with E-state index in [9.17, 15) is 14.7 Å². The van der Waals surface area contributed by atoms with Crippen LogP contribution in [0, 0.1) is 28.6 Å². The van der Waals surface area contributed by atoms with Crippen molar-refractivity contribution in [1.82, 2.24) is 4.90 Å². The van der Waals surface area contributed by atoms with Gasteiger partial charge in [-0.25, -0.2) is 0 Å². The topological polar surface area (TPSA) is 66.8 Å². The second-order valence-corrected chi connectivity index (χ2v) is 8.81. The Labute approximate surface area is 138 Å². The molecule has 1 amide bonds. The number of rotatable bonds is 2. The van der Waals surface area contributed by atoms with Crippen molar-refractivity contribution < 1.29 is 19.4 Å². The van der Waals surface area contributed by atoms with Gasteiger partial charge in [-0.05, 0) is 37.0 Å². The molecule has 5 nitrogen and oxygen atoms in total. The van der Waals surface area contributed by atoms with Crippen molar-refractivity contribution in [2.45, 2.75) is 46.5 Å². The van der Waals surface area contributed by atoms with Crippen molar-refractivity contribution in [3.05, 3.63) is 0 Å². The van der Waals surface area contributed by atoms with Gasteiger partial charge < -0.3 is 14.7 Å². The Kier molecular flexibility index (Phi) is 4.20. The van der Waals surface area contributed by atoms with Crippen LogP contribution in [-0.4, -0.2) is 48.2 Å². The second-order valence-electron chi connectivity index (χ2n) is 8.81. The van der Waals surface area contributed by atoms with E-state index in [0.29, 0.717) is 38.6 Å². The normalized spacial score (nSPS) is 39.8. The second kappa shape index (κ2) is 5.76. The Balaban J connectivity index is 1.75. The maximum absolute atomic E-state index is 13.0. The smallest absolute Gasteiger partial charge is 0.311 e. The number of nitrogens with zero attached hydrogens (tertiary/aromatic N) is 1. The Morgan fingerprint density at radius 1 is 1.26 bits per heavy atom. The van der Waals surface area contributed by atoms with E-state index in [0.717, 1.165) is 19.3 Å². The number of hydrogen-bond acceptors (Lipinski definition) is 3. The minimum absolute atomic E-state index is 0.0423. The molecule has 23 heavy (non-hydrogen) atoms. The third kappa shape index (κ3) is 3.00. The molecule has 2 aliphatic heterocycles. The monoisotopic (exact) mass is 323 g/mol. The molecule has 1 N–H and O–H groups in total. The van der Waals surface area contributed by atoms with Gasteiger partial charge in [-0.2, -0.15) is 0 Å². The number of carboxylic acids is 1. The molecule has 2 saturated heterocycles. The fraction of sp³-hybridized carbons (Fsp3) is 0.889. The number of carbonyl (C=O) groups is 2. The zero-order valence-corrected chi connectivity index (χ0v) is 14.5. The maximum atomic E-state index is 13.0. The van der Waals surface area contributed by atoms with Gasteiger partial charge in [0.15, 0.2) is 0 Å². The van der Waals surface area contributed by atoms with Crippen molar-refractivity contribution in [1.29, 1.82) is 0 Å². The summed E-state index contributed by atoms with van der Waals surface area (Å²) >= 11 is 0. The number of fused-ring (bicyclic) bond motifs is 1. The van der Waals surface area contributed by atoms with Gasteiger partial charge in [-0.3, -0.25) is 9.59 Å². The van der Waals surface area contributed by atoms with Gasteiger partial charge in [0.25, 0.3) is 0 Å². The van der Waals surface area contributed by atoms with E-state index in [1.807, 2.05) is 4.90 Å². The first kappa shape index (κ1) is 16.7. The van der Waals surface area contributed by atoms with Gasteiger partial charge in [0.05, 0.1) is 12.0 Å². The minimum atomic E-state index is -0.788. The molecule has 2 heterocycles. The van der Waals surface area contributed by atoms with Crippen LogP contribution in [0.1, 0.15) is 46.5 Å². The third-order valence-corrected chi connectivity index (χ3v) is 6.18. The van der Waals surface area contributed by atoms with Gasteiger partial charge in [-0.15, -0.1) is 0 Å². The Morgan fingerprint density at radius 2 is 2.00 bits per heavy atom. The fourth-order valence-electron chi connectivity index (χ4n) is 5.26. The number of hydrogen-bond donors (Lipinski definition) is 1. The number of carboxylic acid groups (broad SMARTS) is 1. The quantitative estimate of drug-likeness (QED) is 0.847. The van der Waals surface area contributed by atoms with E-state index in [1.165, 1.54) is 0 Å². The van der Waals surface area contributed by atoms with Gasteiger partial charge in [0.2, 0.25) is 5.91 Å². The minimum Gasteiger partial charge on any atom is -0.481 e. The van der Waals surface area contributed by atoms with E-state index in [2.05, 4.69) is 20.8 Å². The predicted octanol–water partition coefficient (Wildman–Crippen LogP) is 2.40. The average molecular weight is 323 g/mol. The highest BCUT2D eigenvalue weighted by atomic mass is 16.5. The lowest BCUT2D eigenvalue weighted by Crippen LogP contribution is -2.45. The standard InChI is InChI=1S/C18H29NO4/c1-12-6-13(8-17(2,3)7-12)15(20)19-9-14-10-23-5-4-18(14,11-19)16(21)22/h12-14H,4-11H2,1-3H3,(H,21,22)/t12?,13?,14-,18+/m0/s1.